The number of aromatic nitrogens is 2. The molecule has 1 aliphatic carbocycles. The highest BCUT2D eigenvalue weighted by Crippen LogP contribution is 2.38. The number of morpholine rings is 1. The first kappa shape index (κ1) is 31.6. The van der Waals surface area contributed by atoms with Crippen LogP contribution in [0.25, 0.3) is 0 Å². The molecule has 0 bridgehead atoms. The van der Waals surface area contributed by atoms with E-state index in [2.05, 4.69) is 48.5 Å². The predicted molar refractivity (Wildman–Crippen MR) is 178 cm³/mol. The zero-order chi connectivity index (χ0) is 31.2. The normalized spacial score (nSPS) is 19.5. The Morgan fingerprint density at radius 2 is 1.80 bits per heavy atom. The molecule has 0 amide bonds. The van der Waals surface area contributed by atoms with Crippen LogP contribution in [0.15, 0.2) is 36.5 Å². The molecule has 3 heterocycles. The molecule has 0 radical (unpaired) electrons. The smallest absolute Gasteiger partial charge is 0.229 e. The first-order valence-electron chi connectivity index (χ1n) is 15.9. The van der Waals surface area contributed by atoms with Gasteiger partial charge in [0.2, 0.25) is 5.95 Å². The van der Waals surface area contributed by atoms with Crippen LogP contribution in [0.5, 0.6) is 11.5 Å². The second kappa shape index (κ2) is 14.8. The molecule has 0 spiro atoms. The molecule has 3 aliphatic rings. The number of hydrogen-bond acceptors (Lipinski definition) is 11. The number of benzene rings is 2. The SMILES string of the molecule is COc1cc(N2CCOCC2)ccc1Nc1nc(Nc2ccc3c(c2OC)CCCC(N2CCN(CCO)CC2)C3)ncc1Cl. The van der Waals surface area contributed by atoms with E-state index >= 15 is 0 Å². The van der Waals surface area contributed by atoms with E-state index in [1.807, 2.05) is 12.1 Å². The minimum Gasteiger partial charge on any atom is -0.494 e. The van der Waals surface area contributed by atoms with Gasteiger partial charge in [-0.15, -0.1) is 0 Å². The maximum absolute atomic E-state index is 9.30. The van der Waals surface area contributed by atoms with E-state index in [1.165, 1.54) is 11.1 Å². The summed E-state index contributed by atoms with van der Waals surface area (Å²) in [6.45, 7) is 8.24. The van der Waals surface area contributed by atoms with Crippen molar-refractivity contribution in [2.24, 2.45) is 0 Å². The second-order valence-electron chi connectivity index (χ2n) is 11.8. The number of hydrogen-bond donors (Lipinski definition) is 3. The van der Waals surface area contributed by atoms with E-state index in [-0.39, 0.29) is 6.61 Å². The third kappa shape index (κ3) is 7.39. The first-order valence-corrected chi connectivity index (χ1v) is 16.3. The number of aliphatic hydroxyl groups is 1. The third-order valence-corrected chi connectivity index (χ3v) is 9.40. The molecule has 1 atom stereocenters. The standard InChI is InChI=1S/C33H44ClN7O4/c1-43-30-21-25(41-15-18-45-19-16-41)7-9-28(30)36-32-27(34)22-35-33(38-32)37-29-8-6-23-20-24(4-3-5-26(23)31(29)44-2)40-12-10-39(11-13-40)14-17-42/h6-9,21-22,24,42H,3-5,10-20H2,1-2H3,(H2,35,36,37,38). The van der Waals surface area contributed by atoms with Gasteiger partial charge in [-0.3, -0.25) is 9.80 Å². The quantitative estimate of drug-likeness (QED) is 0.277. The van der Waals surface area contributed by atoms with Crippen molar-refractivity contribution >= 4 is 40.4 Å². The molecule has 45 heavy (non-hydrogen) atoms. The van der Waals surface area contributed by atoms with Crippen molar-refractivity contribution in [3.63, 3.8) is 0 Å². The van der Waals surface area contributed by atoms with Gasteiger partial charge in [0.25, 0.3) is 0 Å². The largest absolute Gasteiger partial charge is 0.494 e. The number of ether oxygens (including phenoxy) is 3. The van der Waals surface area contributed by atoms with E-state index < -0.39 is 0 Å². The number of β-amino-alcohol motifs (C(OH)–C–C–N with tert-alkyl or cyclic N) is 1. The van der Waals surface area contributed by atoms with Crippen molar-refractivity contribution in [2.75, 3.05) is 95.4 Å². The van der Waals surface area contributed by atoms with Crippen LogP contribution in [0.4, 0.5) is 28.8 Å². The maximum Gasteiger partial charge on any atom is 0.229 e. The summed E-state index contributed by atoms with van der Waals surface area (Å²) in [4.78, 5) is 16.4. The molecular weight excluding hydrogens is 594 g/mol. The highest BCUT2D eigenvalue weighted by Gasteiger charge is 2.28. The van der Waals surface area contributed by atoms with Crippen molar-refractivity contribution in [3.05, 3.63) is 52.7 Å². The molecule has 2 aromatic carbocycles. The molecule has 6 rings (SSSR count). The summed E-state index contributed by atoms with van der Waals surface area (Å²) in [5.41, 5.74) is 5.26. The van der Waals surface area contributed by atoms with Gasteiger partial charge in [0.15, 0.2) is 5.82 Å². The van der Waals surface area contributed by atoms with Crippen LogP contribution in [0.2, 0.25) is 5.02 Å². The lowest BCUT2D eigenvalue weighted by Gasteiger charge is -2.39. The van der Waals surface area contributed by atoms with Crippen LogP contribution >= 0.6 is 11.6 Å². The molecule has 3 N–H and O–H groups in total. The first-order chi connectivity index (χ1) is 22.1. The van der Waals surface area contributed by atoms with Gasteiger partial charge in [0, 0.05) is 63.6 Å². The monoisotopic (exact) mass is 637 g/mol. The fraction of sp³-hybridized carbons (Fsp3) is 0.515. The Labute approximate surface area is 270 Å². The lowest BCUT2D eigenvalue weighted by atomic mass is 9.98. The summed E-state index contributed by atoms with van der Waals surface area (Å²) < 4.78 is 17.2. The number of methoxy groups -OCH3 is 2. The van der Waals surface area contributed by atoms with Crippen LogP contribution in [0, 0.1) is 0 Å². The fourth-order valence-corrected chi connectivity index (χ4v) is 6.84. The fourth-order valence-electron chi connectivity index (χ4n) is 6.71. The Morgan fingerprint density at radius 3 is 2.56 bits per heavy atom. The molecule has 12 heteroatoms. The number of anilines is 5. The van der Waals surface area contributed by atoms with Gasteiger partial charge in [-0.1, -0.05) is 17.7 Å². The van der Waals surface area contributed by atoms with Crippen LogP contribution < -0.4 is 25.0 Å². The minimum absolute atomic E-state index is 0.226. The van der Waals surface area contributed by atoms with Crippen molar-refractivity contribution in [1.82, 2.24) is 19.8 Å². The summed E-state index contributed by atoms with van der Waals surface area (Å²) in [7, 11) is 3.39. The number of fused-ring (bicyclic) bond motifs is 1. The predicted octanol–water partition coefficient (Wildman–Crippen LogP) is 4.33. The highest BCUT2D eigenvalue weighted by molar-refractivity contribution is 6.33. The second-order valence-corrected chi connectivity index (χ2v) is 12.2. The molecule has 1 aromatic heterocycles. The Morgan fingerprint density at radius 1 is 1.00 bits per heavy atom. The lowest BCUT2D eigenvalue weighted by molar-refractivity contribution is 0.0805. The molecule has 0 saturated carbocycles. The summed E-state index contributed by atoms with van der Waals surface area (Å²) in [6, 6.07) is 10.9. The third-order valence-electron chi connectivity index (χ3n) is 9.13. The van der Waals surface area contributed by atoms with Crippen molar-refractivity contribution in [2.45, 2.75) is 31.7 Å². The van der Waals surface area contributed by atoms with Gasteiger partial charge < -0.3 is 34.9 Å². The summed E-state index contributed by atoms with van der Waals surface area (Å²) in [5, 5.41) is 16.4. The Kier molecular flexibility index (Phi) is 10.4. The molecule has 2 saturated heterocycles. The zero-order valence-corrected chi connectivity index (χ0v) is 27.0. The topological polar surface area (TPSA) is 107 Å². The van der Waals surface area contributed by atoms with Crippen LogP contribution in [-0.4, -0.2) is 111 Å². The minimum atomic E-state index is 0.226. The van der Waals surface area contributed by atoms with Crippen molar-refractivity contribution in [1.29, 1.82) is 0 Å². The summed E-state index contributed by atoms with van der Waals surface area (Å²) in [5.74, 6) is 2.42. The van der Waals surface area contributed by atoms with Gasteiger partial charge >= 0.3 is 0 Å². The molecule has 2 aliphatic heterocycles. The van der Waals surface area contributed by atoms with Gasteiger partial charge in [-0.25, -0.2) is 4.98 Å². The number of nitrogens with one attached hydrogen (secondary N) is 2. The van der Waals surface area contributed by atoms with E-state index in [0.717, 1.165) is 94.3 Å². The van der Waals surface area contributed by atoms with Gasteiger partial charge in [0.05, 0.1) is 51.6 Å². The van der Waals surface area contributed by atoms with Crippen LogP contribution in [0.1, 0.15) is 24.0 Å². The molecular formula is C33H44ClN7O4. The van der Waals surface area contributed by atoms with Crippen LogP contribution in [0.3, 0.4) is 0 Å². The van der Waals surface area contributed by atoms with Crippen LogP contribution in [-0.2, 0) is 17.6 Å². The average molecular weight is 638 g/mol. The van der Waals surface area contributed by atoms with E-state index in [1.54, 1.807) is 20.4 Å². The number of piperazine rings is 1. The van der Waals surface area contributed by atoms with Gasteiger partial charge in [-0.2, -0.15) is 4.98 Å². The van der Waals surface area contributed by atoms with E-state index in [9.17, 15) is 5.11 Å². The van der Waals surface area contributed by atoms with Gasteiger partial charge in [0.1, 0.15) is 16.5 Å². The molecule has 1 unspecified atom stereocenters. The zero-order valence-electron chi connectivity index (χ0n) is 26.2. The number of halogens is 1. The molecule has 3 aromatic rings. The summed E-state index contributed by atoms with van der Waals surface area (Å²) >= 11 is 6.55. The Balaban J connectivity index is 1.17. The van der Waals surface area contributed by atoms with E-state index in [4.69, 9.17) is 30.8 Å². The lowest BCUT2D eigenvalue weighted by Crippen LogP contribution is -2.51. The molecule has 2 fully saturated rings. The van der Waals surface area contributed by atoms with E-state index in [0.29, 0.717) is 41.8 Å². The number of rotatable bonds is 10. The Hall–Kier alpha value is -3.35. The highest BCUT2D eigenvalue weighted by atomic mass is 35.5. The Bertz CT molecular complexity index is 1450. The number of aliphatic hydroxyl groups excluding tert-OH is 1. The molecule has 11 nitrogen and oxygen atoms in total. The average Bonchev–Trinajstić information content (AvgIpc) is 3.30. The maximum atomic E-state index is 9.30. The number of nitrogens with zero attached hydrogens (tertiary/aromatic N) is 5. The molecule has 242 valence electrons. The van der Waals surface area contributed by atoms with Gasteiger partial charge in [-0.05, 0) is 55.0 Å². The van der Waals surface area contributed by atoms with Crippen molar-refractivity contribution < 1.29 is 19.3 Å². The summed E-state index contributed by atoms with van der Waals surface area (Å²) in [6.07, 6.45) is 5.82. The van der Waals surface area contributed by atoms with Crippen molar-refractivity contribution in [3.8, 4) is 11.5 Å².